The largest absolute Gasteiger partial charge is 0.340 e. The van der Waals surface area contributed by atoms with Crippen molar-refractivity contribution in [2.45, 2.75) is 45.6 Å². The second-order valence-corrected chi connectivity index (χ2v) is 11.0. The van der Waals surface area contributed by atoms with Crippen molar-refractivity contribution in [2.75, 3.05) is 26.2 Å². The lowest BCUT2D eigenvalue weighted by atomic mass is 10.1. The maximum atomic E-state index is 12.9. The fourth-order valence-corrected chi connectivity index (χ4v) is 5.40. The van der Waals surface area contributed by atoms with Crippen molar-refractivity contribution in [3.05, 3.63) is 45.7 Å². The van der Waals surface area contributed by atoms with Gasteiger partial charge in [0.25, 0.3) is 0 Å². The van der Waals surface area contributed by atoms with Gasteiger partial charge in [0, 0.05) is 48.5 Å². The molecule has 1 aromatic carbocycles. The van der Waals surface area contributed by atoms with Crippen LogP contribution < -0.4 is 0 Å². The number of rotatable bonds is 6. The SMILES string of the molecule is Cc1nn(CC(C)C)c(C)c1CC(=O)N1CCN(S(=O)(=O)c2ccc(Br)cc2)CC1. The molecule has 2 heterocycles. The lowest BCUT2D eigenvalue weighted by molar-refractivity contribution is -0.131. The first kappa shape index (κ1) is 23.0. The summed E-state index contributed by atoms with van der Waals surface area (Å²) in [5.74, 6) is 0.498. The normalized spacial score (nSPS) is 15.7. The van der Waals surface area contributed by atoms with Crippen LogP contribution in [0.4, 0.5) is 0 Å². The Labute approximate surface area is 187 Å². The van der Waals surface area contributed by atoms with Crippen LogP contribution in [0.2, 0.25) is 0 Å². The van der Waals surface area contributed by atoms with Gasteiger partial charge in [-0.2, -0.15) is 9.40 Å². The average molecular weight is 497 g/mol. The van der Waals surface area contributed by atoms with Crippen LogP contribution in [0.3, 0.4) is 0 Å². The summed E-state index contributed by atoms with van der Waals surface area (Å²) in [6, 6.07) is 6.63. The summed E-state index contributed by atoms with van der Waals surface area (Å²) < 4.78 is 30.0. The van der Waals surface area contributed by atoms with E-state index < -0.39 is 10.0 Å². The Hall–Kier alpha value is -1.71. The van der Waals surface area contributed by atoms with Gasteiger partial charge >= 0.3 is 0 Å². The minimum Gasteiger partial charge on any atom is -0.340 e. The lowest BCUT2D eigenvalue weighted by Crippen LogP contribution is -2.50. The minimum absolute atomic E-state index is 0.0194. The number of carbonyl (C=O) groups is 1. The van der Waals surface area contributed by atoms with E-state index in [0.717, 1.165) is 28.0 Å². The van der Waals surface area contributed by atoms with Crippen LogP contribution in [0.1, 0.15) is 30.8 Å². The molecule has 0 atom stereocenters. The number of hydrogen-bond acceptors (Lipinski definition) is 4. The predicted molar refractivity (Wildman–Crippen MR) is 120 cm³/mol. The molecule has 1 aliphatic heterocycles. The van der Waals surface area contributed by atoms with E-state index in [2.05, 4.69) is 34.9 Å². The number of benzene rings is 1. The Morgan fingerprint density at radius 3 is 2.27 bits per heavy atom. The van der Waals surface area contributed by atoms with Crippen LogP contribution in [0.15, 0.2) is 33.6 Å². The van der Waals surface area contributed by atoms with Crippen LogP contribution >= 0.6 is 15.9 Å². The molecule has 1 amide bonds. The van der Waals surface area contributed by atoms with Crippen LogP contribution in [-0.2, 0) is 27.8 Å². The molecule has 9 heteroatoms. The summed E-state index contributed by atoms with van der Waals surface area (Å²) in [4.78, 5) is 14.9. The van der Waals surface area contributed by atoms with Gasteiger partial charge in [0.05, 0.1) is 17.0 Å². The highest BCUT2D eigenvalue weighted by molar-refractivity contribution is 9.10. The number of aryl methyl sites for hydroxylation is 1. The van der Waals surface area contributed by atoms with E-state index in [0.29, 0.717) is 38.5 Å². The summed E-state index contributed by atoms with van der Waals surface area (Å²) in [5, 5.41) is 4.59. The van der Waals surface area contributed by atoms with Crippen molar-refractivity contribution in [1.29, 1.82) is 0 Å². The molecule has 3 rings (SSSR count). The Morgan fingerprint density at radius 1 is 1.10 bits per heavy atom. The van der Waals surface area contributed by atoms with Gasteiger partial charge in [0.2, 0.25) is 15.9 Å². The topological polar surface area (TPSA) is 75.5 Å². The maximum absolute atomic E-state index is 12.9. The molecule has 1 saturated heterocycles. The van der Waals surface area contributed by atoms with Crippen molar-refractivity contribution in [3.8, 4) is 0 Å². The fraction of sp³-hybridized carbons (Fsp3) is 0.524. The van der Waals surface area contributed by atoms with Crippen LogP contribution in [0.5, 0.6) is 0 Å². The summed E-state index contributed by atoms with van der Waals surface area (Å²) in [5.41, 5.74) is 2.90. The number of halogens is 1. The Morgan fingerprint density at radius 2 is 1.70 bits per heavy atom. The average Bonchev–Trinajstić information content (AvgIpc) is 2.95. The summed E-state index contributed by atoms with van der Waals surface area (Å²) in [6.07, 6.45) is 0.301. The summed E-state index contributed by atoms with van der Waals surface area (Å²) in [6.45, 7) is 10.4. The third-order valence-electron chi connectivity index (χ3n) is 5.44. The van der Waals surface area contributed by atoms with E-state index in [1.54, 1.807) is 29.2 Å². The van der Waals surface area contributed by atoms with Crippen LogP contribution in [0, 0.1) is 19.8 Å². The van der Waals surface area contributed by atoms with Crippen molar-refractivity contribution in [2.24, 2.45) is 5.92 Å². The monoisotopic (exact) mass is 496 g/mol. The highest BCUT2D eigenvalue weighted by Gasteiger charge is 2.30. The first-order valence-electron chi connectivity index (χ1n) is 10.2. The standard InChI is InChI=1S/C21H29BrN4O3S/c1-15(2)14-26-17(4)20(16(3)23-26)13-21(27)24-9-11-25(12-10-24)30(28,29)19-7-5-18(22)6-8-19/h5-8,15H,9-14H2,1-4H3. The van der Waals surface area contributed by atoms with E-state index in [-0.39, 0.29) is 10.8 Å². The predicted octanol–water partition coefficient (Wildman–Crippen LogP) is 2.99. The first-order valence-corrected chi connectivity index (χ1v) is 12.4. The Bertz CT molecular complexity index is 1010. The molecule has 164 valence electrons. The van der Waals surface area contributed by atoms with Crippen LogP contribution in [0.25, 0.3) is 0 Å². The van der Waals surface area contributed by atoms with E-state index in [9.17, 15) is 13.2 Å². The van der Waals surface area contributed by atoms with Crippen molar-refractivity contribution in [1.82, 2.24) is 19.0 Å². The second-order valence-electron chi connectivity index (χ2n) is 8.14. The zero-order valence-electron chi connectivity index (χ0n) is 17.9. The van der Waals surface area contributed by atoms with Gasteiger partial charge in [-0.15, -0.1) is 0 Å². The second kappa shape index (κ2) is 9.20. The molecule has 1 fully saturated rings. The van der Waals surface area contributed by atoms with Gasteiger partial charge in [-0.05, 0) is 44.0 Å². The van der Waals surface area contributed by atoms with Crippen molar-refractivity contribution < 1.29 is 13.2 Å². The van der Waals surface area contributed by atoms with E-state index in [1.165, 1.54) is 4.31 Å². The molecule has 0 bridgehead atoms. The number of hydrogen-bond donors (Lipinski definition) is 0. The van der Waals surface area contributed by atoms with E-state index in [1.807, 2.05) is 18.5 Å². The Kier molecular flexibility index (Phi) is 7.04. The Balaban J connectivity index is 1.63. The zero-order chi connectivity index (χ0) is 22.1. The quantitative estimate of drug-likeness (QED) is 0.615. The molecule has 0 N–H and O–H groups in total. The highest BCUT2D eigenvalue weighted by Crippen LogP contribution is 2.21. The third-order valence-corrected chi connectivity index (χ3v) is 7.88. The number of sulfonamides is 1. The van der Waals surface area contributed by atoms with Gasteiger partial charge in [-0.25, -0.2) is 8.42 Å². The number of nitrogens with zero attached hydrogens (tertiary/aromatic N) is 4. The van der Waals surface area contributed by atoms with Crippen molar-refractivity contribution in [3.63, 3.8) is 0 Å². The molecule has 0 saturated carbocycles. The van der Waals surface area contributed by atoms with E-state index in [4.69, 9.17) is 0 Å². The molecule has 30 heavy (non-hydrogen) atoms. The lowest BCUT2D eigenvalue weighted by Gasteiger charge is -2.34. The van der Waals surface area contributed by atoms with Gasteiger partial charge in [-0.3, -0.25) is 9.48 Å². The molecule has 7 nitrogen and oxygen atoms in total. The number of piperazine rings is 1. The summed E-state index contributed by atoms with van der Waals surface area (Å²) in [7, 11) is -3.55. The van der Waals surface area contributed by atoms with Crippen LogP contribution in [-0.4, -0.2) is 59.5 Å². The minimum atomic E-state index is -3.55. The number of aromatic nitrogens is 2. The van der Waals surface area contributed by atoms with Crippen molar-refractivity contribution >= 4 is 31.9 Å². The third kappa shape index (κ3) is 4.95. The molecular formula is C21H29BrN4O3S. The maximum Gasteiger partial charge on any atom is 0.243 e. The zero-order valence-corrected chi connectivity index (χ0v) is 20.3. The molecule has 0 unspecified atom stereocenters. The van der Waals surface area contributed by atoms with E-state index >= 15 is 0 Å². The van der Waals surface area contributed by atoms with Gasteiger partial charge in [-0.1, -0.05) is 29.8 Å². The fourth-order valence-electron chi connectivity index (χ4n) is 3.71. The summed E-state index contributed by atoms with van der Waals surface area (Å²) >= 11 is 3.32. The van der Waals surface area contributed by atoms with Gasteiger partial charge in [0.15, 0.2) is 0 Å². The molecule has 1 aliphatic rings. The molecule has 0 aliphatic carbocycles. The number of amides is 1. The molecule has 2 aromatic rings. The van der Waals surface area contributed by atoms with Gasteiger partial charge < -0.3 is 4.90 Å². The first-order chi connectivity index (χ1) is 14.1. The molecule has 0 radical (unpaired) electrons. The highest BCUT2D eigenvalue weighted by atomic mass is 79.9. The van der Waals surface area contributed by atoms with Gasteiger partial charge in [0.1, 0.15) is 0 Å². The smallest absolute Gasteiger partial charge is 0.243 e. The molecule has 0 spiro atoms. The number of carbonyl (C=O) groups excluding carboxylic acids is 1. The molecular weight excluding hydrogens is 468 g/mol. The molecule has 1 aromatic heterocycles.